The number of urea groups is 1. The van der Waals surface area contributed by atoms with Gasteiger partial charge in [0.15, 0.2) is 33.0 Å². The van der Waals surface area contributed by atoms with Crippen LogP contribution in [0.1, 0.15) is 24.3 Å². The van der Waals surface area contributed by atoms with Gasteiger partial charge in [0.2, 0.25) is 17.6 Å². The molecule has 0 radical (unpaired) electrons. The van der Waals surface area contributed by atoms with E-state index in [4.69, 9.17) is 28.9 Å². The second-order valence-electron chi connectivity index (χ2n) is 11.8. The van der Waals surface area contributed by atoms with Gasteiger partial charge in [-0.15, -0.1) is 23.2 Å². The van der Waals surface area contributed by atoms with E-state index < -0.39 is 110 Å². The summed E-state index contributed by atoms with van der Waals surface area (Å²) in [7, 11) is 0. The number of nitrogens with zero attached hydrogens (tertiary/aromatic N) is 2. The first-order valence-electron chi connectivity index (χ1n) is 14.0. The molecule has 16 heteroatoms. The van der Waals surface area contributed by atoms with Crippen molar-refractivity contribution < 1.29 is 51.0 Å². The number of alkyl halides is 2. The molecule has 0 aromatic heterocycles. The number of carbonyl (C=O) groups excluding carboxylic acids is 5. The molecule has 0 spiro atoms. The number of hydrogen-bond acceptors (Lipinski definition) is 6. The number of hydrogen-bond donors (Lipinski definition) is 2. The third kappa shape index (κ3) is 3.67. The monoisotopic (exact) mass is 693 g/mol. The van der Waals surface area contributed by atoms with Gasteiger partial charge in [0.25, 0.3) is 11.8 Å². The highest BCUT2D eigenvalue weighted by atomic mass is 35.5. The summed E-state index contributed by atoms with van der Waals surface area (Å²) in [6, 6.07) is 7.91. The zero-order valence-electron chi connectivity index (χ0n) is 23.4. The zero-order chi connectivity index (χ0) is 34.1. The number of amides is 6. The number of imide groups is 4. The zero-order valence-corrected chi connectivity index (χ0v) is 24.9. The molecule has 7 rings (SSSR count). The van der Waals surface area contributed by atoms with Crippen molar-refractivity contribution in [1.29, 1.82) is 0 Å². The maximum Gasteiger partial charge on any atom is 0.328 e. The minimum Gasteiger partial charge on any atom is -0.507 e. The van der Waals surface area contributed by atoms with Crippen molar-refractivity contribution in [3.63, 3.8) is 0 Å². The van der Waals surface area contributed by atoms with Gasteiger partial charge in [0, 0.05) is 16.9 Å². The summed E-state index contributed by atoms with van der Waals surface area (Å²) >= 11 is 14.1. The molecule has 47 heavy (non-hydrogen) atoms. The Morgan fingerprint density at radius 2 is 1.47 bits per heavy atom. The number of primary amides is 1. The van der Waals surface area contributed by atoms with Crippen LogP contribution in [0.2, 0.25) is 0 Å². The van der Waals surface area contributed by atoms with Crippen molar-refractivity contribution in [3.05, 3.63) is 82.7 Å². The number of halogens is 7. The van der Waals surface area contributed by atoms with Gasteiger partial charge in [-0.05, 0) is 24.1 Å². The SMILES string of the molecule is NC(=O)N1C(=O)C2CC=C3C(CC4(Cl)C(=O)N(c5c(F)c(F)c(F)c(F)c5F)C(=O)C4(Cl)C3c3ccc4ccccc4c3O)C2C1=O. The summed E-state index contributed by atoms with van der Waals surface area (Å²) in [4.78, 5) is 61.4. The fraction of sp³-hybridized carbons (Fsp3) is 0.258. The minimum absolute atomic E-state index is 0.107. The molecule has 3 aromatic rings. The van der Waals surface area contributed by atoms with Crippen LogP contribution in [0.25, 0.3) is 10.8 Å². The second kappa shape index (κ2) is 9.97. The molecule has 0 bridgehead atoms. The highest BCUT2D eigenvalue weighted by molar-refractivity contribution is 6.58. The van der Waals surface area contributed by atoms with Crippen molar-refractivity contribution in [1.82, 2.24) is 4.90 Å². The Bertz CT molecular complexity index is 2050. The molecular weight excluding hydrogens is 676 g/mol. The number of phenols is 1. The number of nitrogens with two attached hydrogens (primary N) is 1. The molecule has 6 atom stereocenters. The number of likely N-dealkylation sites (tertiary alicyclic amines) is 1. The number of benzene rings is 3. The van der Waals surface area contributed by atoms with Crippen LogP contribution in [0.3, 0.4) is 0 Å². The Morgan fingerprint density at radius 1 is 0.851 bits per heavy atom. The van der Waals surface area contributed by atoms with Crippen LogP contribution in [-0.4, -0.2) is 49.4 Å². The maximum absolute atomic E-state index is 15.1. The van der Waals surface area contributed by atoms with Crippen LogP contribution in [-0.2, 0) is 19.2 Å². The van der Waals surface area contributed by atoms with Crippen LogP contribution in [0, 0.1) is 46.8 Å². The van der Waals surface area contributed by atoms with E-state index in [-0.39, 0.29) is 32.7 Å². The fourth-order valence-electron chi connectivity index (χ4n) is 7.63. The molecule has 6 amide bonds. The summed E-state index contributed by atoms with van der Waals surface area (Å²) in [5, 5.41) is 12.3. The van der Waals surface area contributed by atoms with Crippen LogP contribution >= 0.6 is 23.2 Å². The first-order chi connectivity index (χ1) is 22.1. The predicted octanol–water partition coefficient (Wildman–Crippen LogP) is 4.88. The average Bonchev–Trinajstić information content (AvgIpc) is 3.38. The molecule has 3 N–H and O–H groups in total. The molecule has 2 aliphatic carbocycles. The largest absolute Gasteiger partial charge is 0.507 e. The lowest BCUT2D eigenvalue weighted by Crippen LogP contribution is -2.60. The molecule has 2 heterocycles. The number of fused-ring (bicyclic) bond motifs is 5. The Balaban J connectivity index is 1.50. The number of phenolic OH excluding ortho intramolecular Hbond substituents is 1. The third-order valence-electron chi connectivity index (χ3n) is 9.68. The van der Waals surface area contributed by atoms with Crippen LogP contribution in [0.15, 0.2) is 48.0 Å². The van der Waals surface area contributed by atoms with E-state index in [9.17, 15) is 42.3 Å². The van der Waals surface area contributed by atoms with Crippen LogP contribution < -0.4 is 10.6 Å². The van der Waals surface area contributed by atoms with E-state index in [1.165, 1.54) is 24.3 Å². The van der Waals surface area contributed by atoms with Gasteiger partial charge in [0.05, 0.1) is 11.8 Å². The summed E-state index contributed by atoms with van der Waals surface area (Å²) in [5.74, 6) is -23.8. The summed E-state index contributed by atoms with van der Waals surface area (Å²) in [5.41, 5.74) is 3.34. The van der Waals surface area contributed by atoms with E-state index in [0.29, 0.717) is 5.39 Å². The van der Waals surface area contributed by atoms with E-state index in [2.05, 4.69) is 0 Å². The normalized spacial score (nSPS) is 30.1. The number of aromatic hydroxyl groups is 1. The minimum atomic E-state index is -2.81. The predicted molar refractivity (Wildman–Crippen MR) is 153 cm³/mol. The van der Waals surface area contributed by atoms with Gasteiger partial charge in [0.1, 0.15) is 11.4 Å². The lowest BCUT2D eigenvalue weighted by molar-refractivity contribution is -0.136. The number of anilines is 1. The molecule has 2 aliphatic heterocycles. The Morgan fingerprint density at radius 3 is 2.11 bits per heavy atom. The first-order valence-corrected chi connectivity index (χ1v) is 14.7. The van der Waals surface area contributed by atoms with Crippen molar-refractivity contribution in [3.8, 4) is 5.75 Å². The van der Waals surface area contributed by atoms with Gasteiger partial charge in [-0.2, -0.15) is 4.90 Å². The molecular formula is C31H18Cl2F5N3O6. The van der Waals surface area contributed by atoms with Crippen LogP contribution in [0.5, 0.6) is 5.75 Å². The fourth-order valence-corrected chi connectivity index (χ4v) is 8.56. The molecule has 9 nitrogen and oxygen atoms in total. The Labute approximate surface area is 270 Å². The van der Waals surface area contributed by atoms with Crippen molar-refractivity contribution >= 4 is 69.3 Å². The van der Waals surface area contributed by atoms with E-state index >= 15 is 8.78 Å². The van der Waals surface area contributed by atoms with Gasteiger partial charge in [-0.25, -0.2) is 31.6 Å². The smallest absolute Gasteiger partial charge is 0.328 e. The quantitative estimate of drug-likeness (QED) is 0.0980. The van der Waals surface area contributed by atoms with Crippen molar-refractivity contribution in [2.45, 2.75) is 28.5 Å². The molecule has 3 fully saturated rings. The molecule has 3 aromatic carbocycles. The topological polar surface area (TPSA) is 138 Å². The molecule has 242 valence electrons. The van der Waals surface area contributed by atoms with Gasteiger partial charge in [-0.3, -0.25) is 19.2 Å². The number of carbonyl (C=O) groups is 5. The molecule has 4 aliphatic rings. The Kier molecular flexibility index (Phi) is 6.59. The van der Waals surface area contributed by atoms with Gasteiger partial charge >= 0.3 is 6.03 Å². The summed E-state index contributed by atoms with van der Waals surface area (Å²) in [6.07, 6.45) is 0.472. The van der Waals surface area contributed by atoms with E-state index in [1.807, 2.05) is 0 Å². The average molecular weight is 694 g/mol. The molecule has 1 saturated carbocycles. The summed E-state index contributed by atoms with van der Waals surface area (Å²) in [6.45, 7) is 0. The number of rotatable bonds is 2. The van der Waals surface area contributed by atoms with Crippen molar-refractivity contribution in [2.75, 3.05) is 4.90 Å². The van der Waals surface area contributed by atoms with Gasteiger partial charge in [-0.1, -0.05) is 48.0 Å². The highest BCUT2D eigenvalue weighted by Gasteiger charge is 2.77. The number of allylic oxidation sites excluding steroid dienone is 2. The second-order valence-corrected chi connectivity index (χ2v) is 13.0. The molecule has 2 saturated heterocycles. The lowest BCUT2D eigenvalue weighted by Gasteiger charge is -2.50. The van der Waals surface area contributed by atoms with Crippen LogP contribution in [0.4, 0.5) is 32.4 Å². The maximum atomic E-state index is 15.1. The third-order valence-corrected chi connectivity index (χ3v) is 11.1. The lowest BCUT2D eigenvalue weighted by atomic mass is 9.56. The standard InChI is InChI=1S/C31H18Cl2F5N3O6/c32-30-9-15-12(7-8-13-16(15)26(44)41(25(13)43)29(39)47)17(14-6-5-10-3-1-2-4-11(10)24(14)42)31(30,33)28(46)40(27(30)45)23-21(37)19(35)18(34)20(36)22(23)38/h1-7,13,15-17,42H,8-9H2,(H2,39,47). The first kappa shape index (κ1) is 31.1. The van der Waals surface area contributed by atoms with E-state index in [1.54, 1.807) is 18.2 Å². The molecule has 6 unspecified atom stereocenters. The van der Waals surface area contributed by atoms with E-state index in [0.717, 1.165) is 0 Å². The highest BCUT2D eigenvalue weighted by Crippen LogP contribution is 2.67. The van der Waals surface area contributed by atoms with Gasteiger partial charge < -0.3 is 10.8 Å². The Hall–Kier alpha value is -4.56. The summed E-state index contributed by atoms with van der Waals surface area (Å²) < 4.78 is 72.9. The van der Waals surface area contributed by atoms with Crippen molar-refractivity contribution in [2.24, 2.45) is 23.5 Å².